The van der Waals surface area contributed by atoms with Crippen LogP contribution in [0.3, 0.4) is 0 Å². The number of aromatic nitrogens is 3. The Hall–Kier alpha value is -1.81. The van der Waals surface area contributed by atoms with Crippen molar-refractivity contribution in [2.75, 3.05) is 5.73 Å². The van der Waals surface area contributed by atoms with Gasteiger partial charge in [0.1, 0.15) is 22.7 Å². The summed E-state index contributed by atoms with van der Waals surface area (Å²) in [4.78, 5) is 11.8. The summed E-state index contributed by atoms with van der Waals surface area (Å²) in [5.74, 6) is 1.50. The number of H-pyrrole nitrogens is 1. The van der Waals surface area contributed by atoms with Crippen molar-refractivity contribution >= 4 is 39.4 Å². The zero-order valence-electron chi connectivity index (χ0n) is 8.37. The molecule has 0 radical (unpaired) electrons. The molecule has 3 rings (SSSR count). The van der Waals surface area contributed by atoms with Gasteiger partial charge in [0, 0.05) is 5.39 Å². The van der Waals surface area contributed by atoms with Gasteiger partial charge in [-0.3, -0.25) is 0 Å². The Labute approximate surface area is 96.5 Å². The second-order valence-electron chi connectivity index (χ2n) is 3.55. The molecule has 5 heteroatoms. The van der Waals surface area contributed by atoms with Crippen LogP contribution in [0.4, 0.5) is 5.82 Å². The van der Waals surface area contributed by atoms with Crippen LogP contribution in [-0.4, -0.2) is 15.0 Å². The molecule has 2 aromatic heterocycles. The minimum Gasteiger partial charge on any atom is -0.382 e. The zero-order chi connectivity index (χ0) is 11.1. The molecule has 0 aliphatic rings. The maximum absolute atomic E-state index is 5.86. The number of nitrogens with two attached hydrogens (primary N) is 1. The number of alkyl halides is 1. The quantitative estimate of drug-likeness (QED) is 0.634. The molecule has 3 N–H and O–H groups in total. The van der Waals surface area contributed by atoms with E-state index in [4.69, 9.17) is 17.3 Å². The lowest BCUT2D eigenvalue weighted by Gasteiger charge is -1.99. The number of halogens is 1. The van der Waals surface area contributed by atoms with Crippen molar-refractivity contribution < 1.29 is 0 Å². The lowest BCUT2D eigenvalue weighted by Crippen LogP contribution is -1.92. The third-order valence-corrected chi connectivity index (χ3v) is 2.79. The molecule has 4 nitrogen and oxygen atoms in total. The molecule has 0 spiro atoms. The Morgan fingerprint density at radius 3 is 2.88 bits per heavy atom. The maximum atomic E-state index is 5.86. The summed E-state index contributed by atoms with van der Waals surface area (Å²) in [6.07, 6.45) is 0. The zero-order valence-corrected chi connectivity index (χ0v) is 9.12. The fourth-order valence-electron chi connectivity index (χ4n) is 1.82. The number of nitrogens with one attached hydrogen (secondary N) is 1. The summed E-state index contributed by atoms with van der Waals surface area (Å²) in [7, 11) is 0. The van der Waals surface area contributed by atoms with E-state index in [0.29, 0.717) is 17.5 Å². The average Bonchev–Trinajstić information content (AvgIpc) is 2.74. The van der Waals surface area contributed by atoms with Gasteiger partial charge in [0.25, 0.3) is 0 Å². The number of rotatable bonds is 1. The van der Waals surface area contributed by atoms with Gasteiger partial charge < -0.3 is 10.7 Å². The van der Waals surface area contributed by atoms with Crippen LogP contribution in [0.5, 0.6) is 0 Å². The summed E-state index contributed by atoms with van der Waals surface area (Å²) >= 11 is 5.75. The second-order valence-corrected chi connectivity index (χ2v) is 3.82. The van der Waals surface area contributed by atoms with Crippen LogP contribution in [-0.2, 0) is 5.88 Å². The first-order valence-electron chi connectivity index (χ1n) is 4.88. The Morgan fingerprint density at radius 1 is 1.25 bits per heavy atom. The number of hydrogen-bond donors (Lipinski definition) is 2. The molecule has 1 aromatic carbocycles. The number of para-hydroxylation sites is 1. The molecule has 80 valence electrons. The predicted octanol–water partition coefficient (Wildman–Crippen LogP) is 2.43. The Morgan fingerprint density at radius 2 is 2.06 bits per heavy atom. The highest BCUT2D eigenvalue weighted by molar-refractivity contribution is 6.17. The molecule has 0 bridgehead atoms. The topological polar surface area (TPSA) is 67.6 Å². The molecule has 0 amide bonds. The maximum Gasteiger partial charge on any atom is 0.150 e. The third-order valence-electron chi connectivity index (χ3n) is 2.54. The number of fused-ring (bicyclic) bond motifs is 3. The molecule has 0 aliphatic carbocycles. The summed E-state index contributed by atoms with van der Waals surface area (Å²) in [6.45, 7) is 0. The summed E-state index contributed by atoms with van der Waals surface area (Å²) < 4.78 is 0. The molecule has 0 saturated heterocycles. The van der Waals surface area contributed by atoms with E-state index in [0.717, 1.165) is 21.9 Å². The first-order valence-corrected chi connectivity index (χ1v) is 5.42. The van der Waals surface area contributed by atoms with Gasteiger partial charge >= 0.3 is 0 Å². The van der Waals surface area contributed by atoms with Gasteiger partial charge in [0.15, 0.2) is 0 Å². The normalized spacial score (nSPS) is 11.3. The van der Waals surface area contributed by atoms with Crippen molar-refractivity contribution in [2.24, 2.45) is 0 Å². The van der Waals surface area contributed by atoms with Crippen LogP contribution in [0.1, 0.15) is 5.82 Å². The Bertz CT molecular complexity index is 674. The first kappa shape index (κ1) is 9.42. The molecule has 0 fully saturated rings. The lowest BCUT2D eigenvalue weighted by atomic mass is 10.2. The van der Waals surface area contributed by atoms with Gasteiger partial charge in [-0.05, 0) is 6.07 Å². The SMILES string of the molecule is Nc1nc2ccccc2c2nc(CCl)[nH]c12. The van der Waals surface area contributed by atoms with E-state index < -0.39 is 0 Å². The van der Waals surface area contributed by atoms with Crippen LogP contribution < -0.4 is 5.73 Å². The molecule has 0 atom stereocenters. The Balaban J connectivity index is 2.52. The van der Waals surface area contributed by atoms with Crippen molar-refractivity contribution in [2.45, 2.75) is 5.88 Å². The highest BCUT2D eigenvalue weighted by Gasteiger charge is 2.10. The van der Waals surface area contributed by atoms with Crippen molar-refractivity contribution in [3.05, 3.63) is 30.1 Å². The van der Waals surface area contributed by atoms with E-state index in [2.05, 4.69) is 15.0 Å². The van der Waals surface area contributed by atoms with E-state index in [-0.39, 0.29) is 0 Å². The average molecular weight is 233 g/mol. The van der Waals surface area contributed by atoms with Gasteiger partial charge in [0.2, 0.25) is 0 Å². The fourth-order valence-corrected chi connectivity index (χ4v) is 1.95. The molecular weight excluding hydrogens is 224 g/mol. The van der Waals surface area contributed by atoms with Crippen LogP contribution in [0.15, 0.2) is 24.3 Å². The van der Waals surface area contributed by atoms with E-state index in [1.807, 2.05) is 24.3 Å². The molecular formula is C11H9ClN4. The van der Waals surface area contributed by atoms with Crippen molar-refractivity contribution in [1.82, 2.24) is 15.0 Å². The van der Waals surface area contributed by atoms with Crippen molar-refractivity contribution in [3.8, 4) is 0 Å². The smallest absolute Gasteiger partial charge is 0.150 e. The Kier molecular flexibility index (Phi) is 1.97. The summed E-state index contributed by atoms with van der Waals surface area (Å²) in [5, 5.41) is 0.985. The minimum absolute atomic E-state index is 0.336. The van der Waals surface area contributed by atoms with Crippen LogP contribution >= 0.6 is 11.6 Å². The fraction of sp³-hybridized carbons (Fsp3) is 0.0909. The third kappa shape index (κ3) is 1.23. The first-order chi connectivity index (χ1) is 7.79. The highest BCUT2D eigenvalue weighted by atomic mass is 35.5. The van der Waals surface area contributed by atoms with Crippen LogP contribution in [0.25, 0.3) is 21.9 Å². The van der Waals surface area contributed by atoms with Gasteiger partial charge in [-0.25, -0.2) is 9.97 Å². The van der Waals surface area contributed by atoms with Crippen LogP contribution in [0, 0.1) is 0 Å². The van der Waals surface area contributed by atoms with Gasteiger partial charge in [-0.1, -0.05) is 18.2 Å². The molecule has 0 aliphatic heterocycles. The van der Waals surface area contributed by atoms with Crippen LogP contribution in [0.2, 0.25) is 0 Å². The van der Waals surface area contributed by atoms with Crippen molar-refractivity contribution in [3.63, 3.8) is 0 Å². The van der Waals surface area contributed by atoms with Crippen molar-refractivity contribution in [1.29, 1.82) is 0 Å². The monoisotopic (exact) mass is 232 g/mol. The van der Waals surface area contributed by atoms with Gasteiger partial charge in [-0.2, -0.15) is 0 Å². The number of pyridine rings is 1. The summed E-state index contributed by atoms with van der Waals surface area (Å²) in [6, 6.07) is 7.77. The molecule has 3 aromatic rings. The number of nitrogen functional groups attached to an aromatic ring is 1. The van der Waals surface area contributed by atoms with E-state index in [9.17, 15) is 0 Å². The standard InChI is InChI=1S/C11H9ClN4/c12-5-8-15-9-6-3-1-2-4-7(6)14-11(13)10(9)16-8/h1-4H,5H2,(H2,13,14)(H,15,16). The number of nitrogens with zero attached hydrogens (tertiary/aromatic N) is 2. The highest BCUT2D eigenvalue weighted by Crippen LogP contribution is 2.25. The second kappa shape index (κ2) is 3.35. The molecule has 16 heavy (non-hydrogen) atoms. The molecule has 2 heterocycles. The number of imidazole rings is 1. The molecule has 0 saturated carbocycles. The minimum atomic E-state index is 0.336. The summed E-state index contributed by atoms with van der Waals surface area (Å²) in [5.41, 5.74) is 8.30. The number of aromatic amines is 1. The largest absolute Gasteiger partial charge is 0.382 e. The van der Waals surface area contributed by atoms with Gasteiger partial charge in [0.05, 0.1) is 11.4 Å². The predicted molar refractivity (Wildman–Crippen MR) is 65.4 cm³/mol. The number of anilines is 1. The number of hydrogen-bond acceptors (Lipinski definition) is 3. The van der Waals surface area contributed by atoms with Gasteiger partial charge in [-0.15, -0.1) is 11.6 Å². The van der Waals surface area contributed by atoms with E-state index in [1.54, 1.807) is 0 Å². The van der Waals surface area contributed by atoms with E-state index >= 15 is 0 Å². The lowest BCUT2D eigenvalue weighted by molar-refractivity contribution is 1.13. The number of benzene rings is 1. The van der Waals surface area contributed by atoms with E-state index in [1.165, 1.54) is 0 Å². The molecule has 0 unspecified atom stereocenters.